The summed E-state index contributed by atoms with van der Waals surface area (Å²) in [5, 5.41) is 34.0. The first-order chi connectivity index (χ1) is 20.4. The molecule has 2 aliphatic heterocycles. The number of benzene rings is 1. The van der Waals surface area contributed by atoms with E-state index in [0.717, 1.165) is 11.1 Å². The lowest BCUT2D eigenvalue weighted by atomic mass is 9.50. The maximum Gasteiger partial charge on any atom is 0.312 e. The van der Waals surface area contributed by atoms with Crippen LogP contribution in [0.3, 0.4) is 0 Å². The van der Waals surface area contributed by atoms with Gasteiger partial charge in [0.25, 0.3) is 0 Å². The van der Waals surface area contributed by atoms with E-state index in [1.807, 2.05) is 19.2 Å². The fourth-order valence-electron chi connectivity index (χ4n) is 7.11. The summed E-state index contributed by atoms with van der Waals surface area (Å²) in [5.74, 6) is -1.53. The topological polar surface area (TPSA) is 184 Å². The summed E-state index contributed by atoms with van der Waals surface area (Å²) in [6, 6.07) is 3.56. The van der Waals surface area contributed by atoms with E-state index in [1.165, 1.54) is 13.8 Å². The zero-order chi connectivity index (χ0) is 31.1. The lowest BCUT2D eigenvalue weighted by Crippen LogP contribution is -2.75. The van der Waals surface area contributed by atoms with Gasteiger partial charge >= 0.3 is 11.9 Å². The molecule has 0 aromatic heterocycles. The Morgan fingerprint density at radius 1 is 1.07 bits per heavy atom. The highest BCUT2D eigenvalue weighted by Crippen LogP contribution is 2.65. The third-order valence-electron chi connectivity index (χ3n) is 9.13. The van der Waals surface area contributed by atoms with E-state index >= 15 is 0 Å². The molecule has 5 rings (SSSR count). The Balaban J connectivity index is 1.48. The Kier molecular flexibility index (Phi) is 8.54. The fraction of sp³-hybridized carbons (Fsp3) is 0.600. The van der Waals surface area contributed by atoms with Crippen molar-refractivity contribution in [3.05, 3.63) is 40.7 Å². The van der Waals surface area contributed by atoms with E-state index in [2.05, 4.69) is 15.5 Å². The van der Waals surface area contributed by atoms with Crippen molar-refractivity contribution in [3.63, 3.8) is 0 Å². The lowest BCUT2D eigenvalue weighted by molar-refractivity contribution is -0.206. The maximum absolute atomic E-state index is 13.4. The van der Waals surface area contributed by atoms with Gasteiger partial charge in [-0.2, -0.15) is 0 Å². The third kappa shape index (κ3) is 5.17. The number of aliphatic hydroxyl groups excluding tert-OH is 3. The highest BCUT2D eigenvalue weighted by atomic mass is 16.6. The number of amides is 2. The minimum atomic E-state index is -1.20. The number of ether oxygens (including phenoxy) is 3. The smallest absolute Gasteiger partial charge is 0.312 e. The number of hydrogen-bond donors (Lipinski definition) is 5. The van der Waals surface area contributed by atoms with Gasteiger partial charge < -0.3 is 40.2 Å². The van der Waals surface area contributed by atoms with Crippen LogP contribution in [-0.4, -0.2) is 101 Å². The first kappa shape index (κ1) is 30.9. The Labute approximate surface area is 249 Å². The molecule has 2 bridgehead atoms. The van der Waals surface area contributed by atoms with Crippen LogP contribution in [0.1, 0.15) is 56.2 Å². The van der Waals surface area contributed by atoms with Gasteiger partial charge in [-0.15, -0.1) is 0 Å². The number of esters is 2. The number of carbonyl (C=O) groups is 4. The second-order valence-corrected chi connectivity index (χ2v) is 11.7. The van der Waals surface area contributed by atoms with Gasteiger partial charge in [0.15, 0.2) is 6.10 Å². The van der Waals surface area contributed by atoms with Gasteiger partial charge in [-0.1, -0.05) is 12.1 Å². The Hall–Kier alpha value is -3.52. The van der Waals surface area contributed by atoms with Crippen molar-refractivity contribution in [3.8, 4) is 5.75 Å². The van der Waals surface area contributed by atoms with Gasteiger partial charge in [0, 0.05) is 30.6 Å². The molecule has 4 aliphatic rings. The van der Waals surface area contributed by atoms with Crippen LogP contribution in [0.2, 0.25) is 0 Å². The minimum absolute atomic E-state index is 0.00707. The van der Waals surface area contributed by atoms with Crippen LogP contribution in [0.5, 0.6) is 5.75 Å². The van der Waals surface area contributed by atoms with Crippen LogP contribution < -0.4 is 15.4 Å². The number of piperidine rings is 1. The summed E-state index contributed by atoms with van der Waals surface area (Å²) in [5.41, 5.74) is 0.433. The predicted molar refractivity (Wildman–Crippen MR) is 149 cm³/mol. The standard InChI is InChI=1S/C30H39N3O10/c1-16(35)27(39)31-11-7-22(37)41-20-6-9-30(43-23(38)8-12-32-28(40)17(2)36)21-14-18-4-5-19(15-34)25-24(18)29(30,26(20)42-25)10-13-33(21)3/h4-6,16-17,21,26,34-36H,7-15H2,1-3H3,(H,31,39)(H,32,40)/t16-,17-,21+,26-,29-,30+/m0/s1. The van der Waals surface area contributed by atoms with Crippen LogP contribution in [0.25, 0.3) is 0 Å². The van der Waals surface area contributed by atoms with Gasteiger partial charge in [0.1, 0.15) is 29.3 Å². The predicted octanol–water partition coefficient (Wildman–Crippen LogP) is -0.675. The number of aliphatic hydroxyl groups is 3. The van der Waals surface area contributed by atoms with Crippen molar-refractivity contribution in [2.45, 2.75) is 87.9 Å². The average Bonchev–Trinajstić information content (AvgIpc) is 3.32. The lowest BCUT2D eigenvalue weighted by Gasteiger charge is -2.62. The van der Waals surface area contributed by atoms with Crippen molar-refractivity contribution in [1.82, 2.24) is 15.5 Å². The molecule has 1 spiro atoms. The first-order valence-corrected chi connectivity index (χ1v) is 14.6. The molecule has 1 fully saturated rings. The molecule has 1 saturated heterocycles. The number of hydrogen-bond acceptors (Lipinski definition) is 11. The van der Waals surface area contributed by atoms with E-state index in [0.29, 0.717) is 30.7 Å². The van der Waals surface area contributed by atoms with Crippen LogP contribution in [0.4, 0.5) is 0 Å². The van der Waals surface area contributed by atoms with E-state index < -0.39 is 53.1 Å². The quantitative estimate of drug-likeness (QED) is 0.203. The van der Waals surface area contributed by atoms with Gasteiger partial charge in [-0.25, -0.2) is 0 Å². The van der Waals surface area contributed by atoms with Gasteiger partial charge in [-0.05, 0) is 51.9 Å². The Bertz CT molecular complexity index is 1340. The molecular weight excluding hydrogens is 562 g/mol. The van der Waals surface area contributed by atoms with Crippen LogP contribution in [0.15, 0.2) is 24.0 Å². The molecule has 6 atom stereocenters. The number of carbonyl (C=O) groups excluding carboxylic acids is 4. The molecular formula is C30H39N3O10. The highest BCUT2D eigenvalue weighted by molar-refractivity contribution is 5.81. The van der Waals surface area contributed by atoms with E-state index in [4.69, 9.17) is 14.2 Å². The summed E-state index contributed by atoms with van der Waals surface area (Å²) >= 11 is 0. The van der Waals surface area contributed by atoms with Crippen molar-refractivity contribution in [2.24, 2.45) is 0 Å². The molecule has 2 amide bonds. The molecule has 0 saturated carbocycles. The molecule has 234 valence electrons. The second-order valence-electron chi connectivity index (χ2n) is 11.7. The number of likely N-dealkylation sites (N-methyl/N-ethyl adjacent to an activating group) is 1. The molecule has 1 aromatic carbocycles. The number of nitrogens with zero attached hydrogens (tertiary/aromatic N) is 1. The Morgan fingerprint density at radius 3 is 2.35 bits per heavy atom. The van der Waals surface area contributed by atoms with Crippen LogP contribution in [-0.2, 0) is 47.1 Å². The molecule has 13 heteroatoms. The average molecular weight is 602 g/mol. The van der Waals surface area contributed by atoms with E-state index in [-0.39, 0.29) is 50.8 Å². The molecule has 5 N–H and O–H groups in total. The largest absolute Gasteiger partial charge is 0.481 e. The summed E-state index contributed by atoms with van der Waals surface area (Å²) < 4.78 is 18.9. The molecule has 43 heavy (non-hydrogen) atoms. The monoisotopic (exact) mass is 601 g/mol. The summed E-state index contributed by atoms with van der Waals surface area (Å²) in [4.78, 5) is 51.9. The summed E-state index contributed by atoms with van der Waals surface area (Å²) in [7, 11) is 1.98. The van der Waals surface area contributed by atoms with Gasteiger partial charge in [-0.3, -0.25) is 24.1 Å². The molecule has 0 radical (unpaired) electrons. The molecule has 2 aliphatic carbocycles. The molecule has 2 heterocycles. The second kappa shape index (κ2) is 11.9. The number of nitrogens with one attached hydrogen (secondary N) is 2. The zero-order valence-electron chi connectivity index (χ0n) is 24.6. The van der Waals surface area contributed by atoms with Crippen molar-refractivity contribution < 1.29 is 48.7 Å². The first-order valence-electron chi connectivity index (χ1n) is 14.6. The fourth-order valence-corrected chi connectivity index (χ4v) is 7.11. The number of likely N-dealkylation sites (tertiary alicyclic amines) is 1. The van der Waals surface area contributed by atoms with Crippen molar-refractivity contribution >= 4 is 23.8 Å². The summed E-state index contributed by atoms with van der Waals surface area (Å²) in [6.07, 6.45) is -0.436. The summed E-state index contributed by atoms with van der Waals surface area (Å²) in [6.45, 7) is 3.02. The van der Waals surface area contributed by atoms with Crippen molar-refractivity contribution in [2.75, 3.05) is 26.7 Å². The van der Waals surface area contributed by atoms with E-state index in [9.17, 15) is 34.5 Å². The van der Waals surface area contributed by atoms with Gasteiger partial charge in [0.2, 0.25) is 11.8 Å². The highest BCUT2D eigenvalue weighted by Gasteiger charge is 2.74. The minimum Gasteiger partial charge on any atom is -0.481 e. The zero-order valence-corrected chi connectivity index (χ0v) is 24.6. The molecule has 1 aromatic rings. The van der Waals surface area contributed by atoms with Gasteiger partial charge in [0.05, 0.1) is 30.9 Å². The number of rotatable bonds is 11. The third-order valence-corrected chi connectivity index (χ3v) is 9.13. The van der Waals surface area contributed by atoms with E-state index in [1.54, 1.807) is 6.08 Å². The SMILES string of the molecule is C[C@H](O)C(=O)NCCC(=O)OC1=CC[C@@]2(OC(=O)CCNC(=O)[C@H](C)O)[C@H]3Cc4ccc(CO)c5c4[C@@]2(CCN3C)[C@H]1O5. The Morgan fingerprint density at radius 2 is 1.72 bits per heavy atom. The normalized spacial score (nSPS) is 28.0. The molecule has 0 unspecified atom stereocenters. The van der Waals surface area contributed by atoms with Crippen LogP contribution >= 0.6 is 0 Å². The van der Waals surface area contributed by atoms with Crippen LogP contribution in [0, 0.1) is 0 Å². The maximum atomic E-state index is 13.4. The molecule has 13 nitrogen and oxygen atoms in total. The van der Waals surface area contributed by atoms with Crippen molar-refractivity contribution in [1.29, 1.82) is 0 Å².